The van der Waals surface area contributed by atoms with Crippen molar-refractivity contribution >= 4 is 29.1 Å². The van der Waals surface area contributed by atoms with E-state index in [0.29, 0.717) is 17.2 Å². The molecule has 1 aromatic rings. The molecule has 0 bridgehead atoms. The van der Waals surface area contributed by atoms with Gasteiger partial charge in [-0.25, -0.2) is 0 Å². The molecule has 2 amide bonds. The summed E-state index contributed by atoms with van der Waals surface area (Å²) in [6, 6.07) is 7.29. The Morgan fingerprint density at radius 3 is 2.70 bits per heavy atom. The third kappa shape index (κ3) is 5.25. The van der Waals surface area contributed by atoms with E-state index in [2.05, 4.69) is 15.8 Å². The second kappa shape index (κ2) is 7.97. The van der Waals surface area contributed by atoms with E-state index < -0.39 is 6.10 Å². The highest BCUT2D eigenvalue weighted by Crippen LogP contribution is 2.18. The maximum Gasteiger partial charge on any atom is 0.264 e. The van der Waals surface area contributed by atoms with Gasteiger partial charge in [0.05, 0.1) is 5.71 Å². The maximum absolute atomic E-state index is 12.0. The third-order valence-corrected chi connectivity index (χ3v) is 3.49. The second-order valence-electron chi connectivity index (χ2n) is 5.61. The Hall–Kier alpha value is -2.08. The highest BCUT2D eigenvalue weighted by Gasteiger charge is 2.28. The Bertz CT molecular complexity index is 599. The van der Waals surface area contributed by atoms with Gasteiger partial charge >= 0.3 is 0 Å². The standard InChI is InChI=1S/C16H20ClN3O3/c1-10(2)19-15(21)7-8-18-16(22)14-9-13(20-23-14)11-3-5-12(17)6-4-11/h3-6,10,14H,7-9H2,1-2H3,(H,18,22)(H,19,21)/t14-/m0/s1. The van der Waals surface area contributed by atoms with Crippen LogP contribution in [0.2, 0.25) is 5.02 Å². The molecule has 1 aliphatic rings. The number of oxime groups is 1. The molecule has 124 valence electrons. The van der Waals surface area contributed by atoms with Gasteiger partial charge in [-0.3, -0.25) is 9.59 Å². The van der Waals surface area contributed by atoms with Crippen molar-refractivity contribution in [2.45, 2.75) is 38.8 Å². The van der Waals surface area contributed by atoms with Crippen molar-refractivity contribution in [1.29, 1.82) is 0 Å². The highest BCUT2D eigenvalue weighted by atomic mass is 35.5. The molecule has 2 rings (SSSR count). The van der Waals surface area contributed by atoms with Crippen molar-refractivity contribution < 1.29 is 14.4 Å². The quantitative estimate of drug-likeness (QED) is 0.831. The number of benzene rings is 1. The molecule has 1 atom stereocenters. The van der Waals surface area contributed by atoms with Crippen molar-refractivity contribution in [2.24, 2.45) is 5.16 Å². The van der Waals surface area contributed by atoms with Crippen LogP contribution >= 0.6 is 11.6 Å². The molecule has 1 aliphatic heterocycles. The van der Waals surface area contributed by atoms with E-state index in [9.17, 15) is 9.59 Å². The zero-order chi connectivity index (χ0) is 16.8. The minimum Gasteiger partial charge on any atom is -0.382 e. The fraction of sp³-hybridized carbons (Fsp3) is 0.438. The molecule has 0 aromatic heterocycles. The van der Waals surface area contributed by atoms with E-state index in [-0.39, 0.29) is 30.8 Å². The molecule has 0 saturated heterocycles. The van der Waals surface area contributed by atoms with Crippen molar-refractivity contribution in [2.75, 3.05) is 6.54 Å². The molecule has 7 heteroatoms. The predicted octanol–water partition coefficient (Wildman–Crippen LogP) is 1.86. The minimum atomic E-state index is -0.658. The van der Waals surface area contributed by atoms with Crippen LogP contribution in [0, 0.1) is 0 Å². The summed E-state index contributed by atoms with van der Waals surface area (Å²) in [6.07, 6.45) is -0.0263. The first-order valence-corrected chi connectivity index (χ1v) is 7.89. The lowest BCUT2D eigenvalue weighted by molar-refractivity contribution is -0.131. The number of halogens is 1. The van der Waals surface area contributed by atoms with Crippen LogP contribution < -0.4 is 10.6 Å². The molecule has 6 nitrogen and oxygen atoms in total. The third-order valence-electron chi connectivity index (χ3n) is 3.24. The van der Waals surface area contributed by atoms with Crippen molar-refractivity contribution in [3.05, 3.63) is 34.9 Å². The number of nitrogens with one attached hydrogen (secondary N) is 2. The lowest BCUT2D eigenvalue weighted by Gasteiger charge is -2.11. The van der Waals surface area contributed by atoms with Gasteiger partial charge in [0.25, 0.3) is 5.91 Å². The number of amides is 2. The number of carbonyl (C=O) groups is 2. The van der Waals surface area contributed by atoms with E-state index in [4.69, 9.17) is 16.4 Å². The van der Waals surface area contributed by atoms with E-state index in [0.717, 1.165) is 5.56 Å². The molecule has 0 fully saturated rings. The van der Waals surface area contributed by atoms with Gasteiger partial charge in [0.1, 0.15) is 0 Å². The number of rotatable bonds is 6. The van der Waals surface area contributed by atoms with E-state index in [1.165, 1.54) is 0 Å². The van der Waals surface area contributed by atoms with Crippen LogP contribution in [0.5, 0.6) is 0 Å². The van der Waals surface area contributed by atoms with Crippen LogP contribution in [0.25, 0.3) is 0 Å². The zero-order valence-electron chi connectivity index (χ0n) is 13.1. The van der Waals surface area contributed by atoms with Gasteiger partial charge in [-0.2, -0.15) is 0 Å². The Kier molecular flexibility index (Phi) is 5.98. The highest BCUT2D eigenvalue weighted by molar-refractivity contribution is 6.30. The van der Waals surface area contributed by atoms with Gasteiger partial charge in [0.2, 0.25) is 12.0 Å². The molecular weight excluding hydrogens is 318 g/mol. The largest absolute Gasteiger partial charge is 0.382 e. The van der Waals surface area contributed by atoms with E-state index in [1.807, 2.05) is 26.0 Å². The van der Waals surface area contributed by atoms with Crippen LogP contribution in [0.1, 0.15) is 32.3 Å². The summed E-state index contributed by atoms with van der Waals surface area (Å²) in [5.74, 6) is -0.360. The Balaban J connectivity index is 1.76. The fourth-order valence-electron chi connectivity index (χ4n) is 2.14. The molecule has 0 radical (unpaired) electrons. The summed E-state index contributed by atoms with van der Waals surface area (Å²) in [4.78, 5) is 28.7. The Labute approximate surface area is 140 Å². The van der Waals surface area contributed by atoms with Gasteiger partial charge in [0, 0.05) is 30.5 Å². The fourth-order valence-corrected chi connectivity index (χ4v) is 2.26. The molecule has 1 heterocycles. The van der Waals surface area contributed by atoms with Crippen LogP contribution in [0.3, 0.4) is 0 Å². The van der Waals surface area contributed by atoms with E-state index in [1.54, 1.807) is 12.1 Å². The SMILES string of the molecule is CC(C)NC(=O)CCNC(=O)[C@@H]1CC(c2ccc(Cl)cc2)=NO1. The summed E-state index contributed by atoms with van der Waals surface area (Å²) < 4.78 is 0. The lowest BCUT2D eigenvalue weighted by atomic mass is 10.0. The number of hydrogen-bond acceptors (Lipinski definition) is 4. The summed E-state index contributed by atoms with van der Waals surface area (Å²) in [5, 5.41) is 10.0. The van der Waals surface area contributed by atoms with Crippen LogP contribution in [0.15, 0.2) is 29.4 Å². The molecule has 0 aliphatic carbocycles. The average Bonchev–Trinajstić information content (AvgIpc) is 2.97. The Morgan fingerprint density at radius 2 is 2.04 bits per heavy atom. The normalized spacial score (nSPS) is 16.7. The summed E-state index contributed by atoms with van der Waals surface area (Å²) in [5.41, 5.74) is 1.58. The smallest absolute Gasteiger partial charge is 0.264 e. The molecular formula is C16H20ClN3O3. The minimum absolute atomic E-state index is 0.0895. The summed E-state index contributed by atoms with van der Waals surface area (Å²) in [6.45, 7) is 4.05. The number of carbonyl (C=O) groups excluding carboxylic acids is 2. The van der Waals surface area contributed by atoms with Crippen LogP contribution in [-0.4, -0.2) is 36.2 Å². The predicted molar refractivity (Wildman–Crippen MR) is 88.4 cm³/mol. The molecule has 1 aromatic carbocycles. The second-order valence-corrected chi connectivity index (χ2v) is 6.04. The van der Waals surface area contributed by atoms with Gasteiger partial charge < -0.3 is 15.5 Å². The summed E-state index contributed by atoms with van der Waals surface area (Å²) >= 11 is 5.84. The maximum atomic E-state index is 12.0. The molecule has 0 spiro atoms. The number of hydrogen-bond donors (Lipinski definition) is 2. The van der Waals surface area contributed by atoms with Crippen molar-refractivity contribution in [3.8, 4) is 0 Å². The monoisotopic (exact) mass is 337 g/mol. The van der Waals surface area contributed by atoms with Gasteiger partial charge in [-0.15, -0.1) is 0 Å². The molecule has 0 saturated carbocycles. The lowest BCUT2D eigenvalue weighted by Crippen LogP contribution is -2.38. The first-order valence-electron chi connectivity index (χ1n) is 7.51. The average molecular weight is 338 g/mol. The summed E-state index contributed by atoms with van der Waals surface area (Å²) in [7, 11) is 0. The molecule has 23 heavy (non-hydrogen) atoms. The first-order chi connectivity index (χ1) is 11.0. The van der Waals surface area contributed by atoms with Crippen LogP contribution in [0.4, 0.5) is 0 Å². The van der Waals surface area contributed by atoms with Gasteiger partial charge in [-0.1, -0.05) is 28.9 Å². The van der Waals surface area contributed by atoms with Crippen molar-refractivity contribution in [1.82, 2.24) is 10.6 Å². The topological polar surface area (TPSA) is 79.8 Å². The van der Waals surface area contributed by atoms with Crippen molar-refractivity contribution in [3.63, 3.8) is 0 Å². The number of nitrogens with zero attached hydrogens (tertiary/aromatic N) is 1. The Morgan fingerprint density at radius 1 is 1.35 bits per heavy atom. The van der Waals surface area contributed by atoms with Gasteiger partial charge in [-0.05, 0) is 31.5 Å². The van der Waals surface area contributed by atoms with Gasteiger partial charge in [0.15, 0.2) is 0 Å². The molecule has 0 unspecified atom stereocenters. The zero-order valence-corrected chi connectivity index (χ0v) is 13.9. The first kappa shape index (κ1) is 17.3. The molecule has 2 N–H and O–H groups in total. The van der Waals surface area contributed by atoms with Crippen LogP contribution in [-0.2, 0) is 14.4 Å². The van der Waals surface area contributed by atoms with E-state index >= 15 is 0 Å².